The summed E-state index contributed by atoms with van der Waals surface area (Å²) in [6, 6.07) is 15.1. The van der Waals surface area contributed by atoms with Crippen LogP contribution in [-0.2, 0) is 11.3 Å². The lowest BCUT2D eigenvalue weighted by molar-refractivity contribution is -0.119. The van der Waals surface area contributed by atoms with Crippen molar-refractivity contribution in [2.75, 3.05) is 36.0 Å². The number of aliphatic imine (C=N–C) groups is 1. The van der Waals surface area contributed by atoms with E-state index in [-0.39, 0.29) is 18.1 Å². The molecule has 156 valence electrons. The highest BCUT2D eigenvalue weighted by Crippen LogP contribution is 2.32. The van der Waals surface area contributed by atoms with Gasteiger partial charge in [0.2, 0.25) is 11.9 Å². The second-order valence-electron chi connectivity index (χ2n) is 7.66. The normalized spacial score (nSPS) is 16.5. The molecule has 1 aromatic heterocycles. The lowest BCUT2D eigenvalue weighted by atomic mass is 10.1. The summed E-state index contributed by atoms with van der Waals surface area (Å²) in [6.07, 6.45) is 0.885. The molecule has 0 saturated heterocycles. The number of carbonyl (C=O) groups is 1. The van der Waals surface area contributed by atoms with Crippen LogP contribution in [0.15, 0.2) is 58.3 Å². The zero-order chi connectivity index (χ0) is 20.9. The van der Waals surface area contributed by atoms with E-state index in [4.69, 9.17) is 4.74 Å². The molecule has 31 heavy (non-hydrogen) atoms. The third-order valence-corrected chi connectivity index (χ3v) is 5.82. The van der Waals surface area contributed by atoms with Gasteiger partial charge in [0, 0.05) is 18.7 Å². The van der Waals surface area contributed by atoms with E-state index in [0.717, 1.165) is 36.6 Å². The number of para-hydroxylation sites is 3. The second-order valence-corrected chi connectivity index (χ2v) is 7.66. The van der Waals surface area contributed by atoms with Gasteiger partial charge in [0.1, 0.15) is 24.7 Å². The summed E-state index contributed by atoms with van der Waals surface area (Å²) in [5.41, 5.74) is 2.04. The summed E-state index contributed by atoms with van der Waals surface area (Å²) in [5, 5.41) is 4.56. The molecule has 3 aromatic rings. The number of aromatic nitrogens is 3. The van der Waals surface area contributed by atoms with Crippen molar-refractivity contribution in [3.63, 3.8) is 0 Å². The first kappa shape index (κ1) is 17.9. The Bertz CT molecular complexity index is 1290. The Balaban J connectivity index is 1.40. The summed E-state index contributed by atoms with van der Waals surface area (Å²) in [7, 11) is 0. The van der Waals surface area contributed by atoms with E-state index in [9.17, 15) is 9.59 Å². The van der Waals surface area contributed by atoms with E-state index < -0.39 is 0 Å². The number of fused-ring (bicyclic) bond motifs is 7. The molecular formula is C22H20N6O3. The van der Waals surface area contributed by atoms with E-state index in [0.29, 0.717) is 30.5 Å². The van der Waals surface area contributed by atoms with Crippen LogP contribution in [0, 0.1) is 0 Å². The van der Waals surface area contributed by atoms with E-state index in [1.807, 2.05) is 53.4 Å². The van der Waals surface area contributed by atoms with Crippen molar-refractivity contribution in [2.24, 2.45) is 4.99 Å². The van der Waals surface area contributed by atoms with Crippen LogP contribution in [0.5, 0.6) is 5.75 Å². The van der Waals surface area contributed by atoms with Gasteiger partial charge in [-0.2, -0.15) is 0 Å². The predicted molar refractivity (Wildman–Crippen MR) is 115 cm³/mol. The van der Waals surface area contributed by atoms with Gasteiger partial charge in [-0.1, -0.05) is 24.3 Å². The predicted octanol–water partition coefficient (Wildman–Crippen LogP) is 1.43. The number of nitrogens with zero attached hydrogens (tertiary/aromatic N) is 6. The molecule has 9 nitrogen and oxygen atoms in total. The maximum Gasteiger partial charge on any atom is 0.352 e. The van der Waals surface area contributed by atoms with Gasteiger partial charge in [-0.15, -0.1) is 5.10 Å². The first-order valence-electron chi connectivity index (χ1n) is 10.4. The van der Waals surface area contributed by atoms with E-state index in [1.165, 1.54) is 4.68 Å². The molecule has 3 aliphatic rings. The van der Waals surface area contributed by atoms with Gasteiger partial charge in [-0.05, 0) is 30.7 Å². The highest BCUT2D eigenvalue weighted by Gasteiger charge is 2.34. The Labute approximate surface area is 177 Å². The third-order valence-electron chi connectivity index (χ3n) is 5.82. The number of hydrogen-bond donors (Lipinski definition) is 0. The van der Waals surface area contributed by atoms with Crippen molar-refractivity contribution in [3.05, 3.63) is 64.6 Å². The van der Waals surface area contributed by atoms with Gasteiger partial charge in [-0.3, -0.25) is 14.7 Å². The van der Waals surface area contributed by atoms with E-state index >= 15 is 0 Å². The van der Waals surface area contributed by atoms with E-state index in [1.54, 1.807) is 9.47 Å². The van der Waals surface area contributed by atoms with Crippen LogP contribution in [0.25, 0.3) is 5.69 Å². The quantitative estimate of drug-likeness (QED) is 0.631. The van der Waals surface area contributed by atoms with Crippen LogP contribution in [0.4, 0.5) is 11.6 Å². The van der Waals surface area contributed by atoms with Gasteiger partial charge in [0.25, 0.3) is 0 Å². The fraction of sp³-hybridized carbons (Fsp3) is 0.273. The number of benzene rings is 2. The Morgan fingerprint density at radius 2 is 1.84 bits per heavy atom. The smallest absolute Gasteiger partial charge is 0.352 e. The van der Waals surface area contributed by atoms with Gasteiger partial charge >= 0.3 is 5.69 Å². The van der Waals surface area contributed by atoms with Gasteiger partial charge in [0.15, 0.2) is 0 Å². The van der Waals surface area contributed by atoms with Crippen molar-refractivity contribution in [3.8, 4) is 11.4 Å². The van der Waals surface area contributed by atoms with Crippen molar-refractivity contribution in [1.29, 1.82) is 0 Å². The number of hydrogen-bond acceptors (Lipinski definition) is 6. The molecule has 0 spiro atoms. The SMILES string of the molecule is O=C(Cn1nc2n(c1=O)-c1ccccc1C1=NCCCN12)N1CCOc2ccccc21. The second kappa shape index (κ2) is 6.83. The minimum absolute atomic E-state index is 0.143. The minimum atomic E-state index is -0.332. The molecule has 0 unspecified atom stereocenters. The molecule has 0 aliphatic carbocycles. The zero-order valence-corrected chi connectivity index (χ0v) is 16.8. The zero-order valence-electron chi connectivity index (χ0n) is 16.8. The number of ether oxygens (including phenoxy) is 1. The molecule has 9 heteroatoms. The molecule has 0 saturated carbocycles. The lowest BCUT2D eigenvalue weighted by Gasteiger charge is -2.33. The maximum absolute atomic E-state index is 13.3. The lowest BCUT2D eigenvalue weighted by Crippen LogP contribution is -2.43. The summed E-state index contributed by atoms with van der Waals surface area (Å²) >= 11 is 0. The molecule has 0 fully saturated rings. The molecular weight excluding hydrogens is 396 g/mol. The van der Waals surface area contributed by atoms with Crippen LogP contribution < -0.4 is 20.2 Å². The molecule has 2 aromatic carbocycles. The highest BCUT2D eigenvalue weighted by molar-refractivity contribution is 6.13. The molecule has 0 N–H and O–H groups in total. The maximum atomic E-state index is 13.3. The van der Waals surface area contributed by atoms with Crippen molar-refractivity contribution >= 4 is 23.4 Å². The van der Waals surface area contributed by atoms with Crippen LogP contribution in [-0.4, -0.2) is 52.3 Å². The third kappa shape index (κ3) is 2.69. The standard InChI is InChI=1S/C22H20N6O3/c29-19(25-12-13-31-18-9-4-3-8-17(18)25)14-27-22(30)28-16-7-2-1-6-15(16)20-23-10-5-11-26(20)21(28)24-27/h1-4,6-9H,5,10-14H2. The number of anilines is 2. The molecule has 1 amide bonds. The van der Waals surface area contributed by atoms with Gasteiger partial charge < -0.3 is 9.64 Å². The largest absolute Gasteiger partial charge is 0.490 e. The number of amides is 1. The summed E-state index contributed by atoms with van der Waals surface area (Å²) in [5.74, 6) is 1.81. The monoisotopic (exact) mass is 416 g/mol. The molecule has 0 radical (unpaired) electrons. The summed E-state index contributed by atoms with van der Waals surface area (Å²) in [4.78, 5) is 34.8. The number of rotatable bonds is 2. The van der Waals surface area contributed by atoms with Gasteiger partial charge in [-0.25, -0.2) is 14.0 Å². The Morgan fingerprint density at radius 1 is 1.03 bits per heavy atom. The van der Waals surface area contributed by atoms with Crippen LogP contribution >= 0.6 is 0 Å². The molecule has 6 rings (SSSR count). The first-order chi connectivity index (χ1) is 15.2. The number of amidine groups is 1. The molecule has 4 heterocycles. The topological polar surface area (TPSA) is 85.0 Å². The Hall–Kier alpha value is -3.88. The molecule has 0 atom stereocenters. The minimum Gasteiger partial charge on any atom is -0.490 e. The summed E-state index contributed by atoms with van der Waals surface area (Å²) < 4.78 is 8.48. The van der Waals surface area contributed by atoms with Crippen LogP contribution in [0.1, 0.15) is 12.0 Å². The molecule has 0 bridgehead atoms. The highest BCUT2D eigenvalue weighted by atomic mass is 16.5. The van der Waals surface area contributed by atoms with Crippen molar-refractivity contribution in [1.82, 2.24) is 14.3 Å². The first-order valence-corrected chi connectivity index (χ1v) is 10.4. The Morgan fingerprint density at radius 3 is 2.74 bits per heavy atom. The van der Waals surface area contributed by atoms with E-state index in [2.05, 4.69) is 10.1 Å². The average Bonchev–Trinajstić information content (AvgIpc) is 3.15. The fourth-order valence-corrected chi connectivity index (χ4v) is 4.42. The fourth-order valence-electron chi connectivity index (χ4n) is 4.42. The summed E-state index contributed by atoms with van der Waals surface area (Å²) in [6.45, 7) is 2.19. The number of carbonyl (C=O) groups excluding carboxylic acids is 1. The average molecular weight is 416 g/mol. The molecule has 3 aliphatic heterocycles. The van der Waals surface area contributed by atoms with Crippen molar-refractivity contribution < 1.29 is 9.53 Å². The Kier molecular flexibility index (Phi) is 3.95. The van der Waals surface area contributed by atoms with Gasteiger partial charge in [0.05, 0.1) is 17.9 Å². The van der Waals surface area contributed by atoms with Crippen molar-refractivity contribution in [2.45, 2.75) is 13.0 Å². The van der Waals surface area contributed by atoms with Crippen LogP contribution in [0.3, 0.4) is 0 Å². The van der Waals surface area contributed by atoms with Crippen LogP contribution in [0.2, 0.25) is 0 Å².